The van der Waals surface area contributed by atoms with Gasteiger partial charge in [-0.05, 0) is 32.9 Å². The number of anilines is 1. The number of benzene rings is 1. The number of nitrogens with one attached hydrogen (secondary N) is 1. The molecule has 14 heavy (non-hydrogen) atoms. The lowest BCUT2D eigenvalue weighted by atomic mass is 10.1. The van der Waals surface area contributed by atoms with E-state index in [9.17, 15) is 0 Å². The summed E-state index contributed by atoms with van der Waals surface area (Å²) in [7, 11) is 0. The third-order valence-electron chi connectivity index (χ3n) is 2.42. The lowest BCUT2D eigenvalue weighted by Gasteiger charge is -2.34. The fourth-order valence-corrected chi connectivity index (χ4v) is 1.87. The van der Waals surface area contributed by atoms with Crippen molar-refractivity contribution in [2.24, 2.45) is 0 Å². The van der Waals surface area contributed by atoms with Crippen LogP contribution in [0.3, 0.4) is 0 Å². The first-order chi connectivity index (χ1) is 6.49. The van der Waals surface area contributed by atoms with E-state index in [0.29, 0.717) is 0 Å². The highest BCUT2D eigenvalue weighted by Gasteiger charge is 2.27. The first-order valence-corrected chi connectivity index (χ1v) is 5.51. The molecule has 0 fully saturated rings. The summed E-state index contributed by atoms with van der Waals surface area (Å²) in [5, 5.41) is 3.38. The van der Waals surface area contributed by atoms with Crippen molar-refractivity contribution in [3.05, 3.63) is 22.2 Å². The fraction of sp³-hybridized carbons (Fsp3) is 0.455. The maximum Gasteiger partial charge on any atom is 0.147 e. The van der Waals surface area contributed by atoms with Crippen LogP contribution in [0.1, 0.15) is 19.4 Å². The number of hydrogen-bond acceptors (Lipinski definition) is 2. The van der Waals surface area contributed by atoms with Crippen LogP contribution in [-0.4, -0.2) is 12.1 Å². The first kappa shape index (κ1) is 9.84. The quantitative estimate of drug-likeness (QED) is 0.768. The highest BCUT2D eigenvalue weighted by Crippen LogP contribution is 2.38. The second kappa shape index (κ2) is 3.16. The van der Waals surface area contributed by atoms with Gasteiger partial charge < -0.3 is 10.1 Å². The Bertz CT molecular complexity index is 374. The summed E-state index contributed by atoms with van der Waals surface area (Å²) in [6.45, 7) is 7.08. The molecule has 1 N–H and O–H groups in total. The molecule has 0 aliphatic carbocycles. The summed E-state index contributed by atoms with van der Waals surface area (Å²) < 4.78 is 7.03. The van der Waals surface area contributed by atoms with Gasteiger partial charge in [-0.1, -0.05) is 15.9 Å². The van der Waals surface area contributed by atoms with E-state index in [-0.39, 0.29) is 5.60 Å². The molecule has 2 nitrogen and oxygen atoms in total. The lowest BCUT2D eigenvalue weighted by Crippen LogP contribution is -2.40. The topological polar surface area (TPSA) is 21.3 Å². The predicted octanol–water partition coefficient (Wildman–Crippen LogP) is 3.34. The summed E-state index contributed by atoms with van der Waals surface area (Å²) in [5.41, 5.74) is 2.12. The first-order valence-electron chi connectivity index (χ1n) is 4.72. The number of hydrogen-bond donors (Lipinski definition) is 1. The molecule has 0 spiro atoms. The van der Waals surface area contributed by atoms with E-state index in [1.165, 1.54) is 0 Å². The molecule has 1 aliphatic heterocycles. The minimum Gasteiger partial charge on any atom is -0.484 e. The molecule has 2 rings (SSSR count). The average Bonchev–Trinajstić information content (AvgIpc) is 2.11. The number of fused-ring (bicyclic) bond motifs is 1. The number of ether oxygens (including phenoxy) is 1. The Kier molecular flexibility index (Phi) is 2.22. The maximum atomic E-state index is 5.94. The molecule has 1 aromatic carbocycles. The Labute approximate surface area is 92.8 Å². The third kappa shape index (κ3) is 1.61. The van der Waals surface area contributed by atoms with Gasteiger partial charge in [0.15, 0.2) is 0 Å². The zero-order valence-electron chi connectivity index (χ0n) is 8.65. The van der Waals surface area contributed by atoms with Crippen LogP contribution in [0.5, 0.6) is 5.75 Å². The summed E-state index contributed by atoms with van der Waals surface area (Å²) >= 11 is 3.50. The Morgan fingerprint density at radius 2 is 2.14 bits per heavy atom. The third-order valence-corrected chi connectivity index (χ3v) is 3.28. The van der Waals surface area contributed by atoms with Gasteiger partial charge in [0, 0.05) is 10.0 Å². The predicted molar refractivity (Wildman–Crippen MR) is 62.1 cm³/mol. The van der Waals surface area contributed by atoms with Crippen LogP contribution in [0.25, 0.3) is 0 Å². The van der Waals surface area contributed by atoms with E-state index in [1.54, 1.807) is 0 Å². The molecule has 0 radical (unpaired) electrons. The largest absolute Gasteiger partial charge is 0.484 e. The van der Waals surface area contributed by atoms with Crippen molar-refractivity contribution in [1.29, 1.82) is 0 Å². The van der Waals surface area contributed by atoms with Crippen molar-refractivity contribution in [2.45, 2.75) is 26.4 Å². The monoisotopic (exact) mass is 255 g/mol. The second-order valence-electron chi connectivity index (χ2n) is 4.26. The van der Waals surface area contributed by atoms with E-state index in [2.05, 4.69) is 42.0 Å². The summed E-state index contributed by atoms with van der Waals surface area (Å²) in [5.74, 6) is 0.968. The highest BCUT2D eigenvalue weighted by molar-refractivity contribution is 9.10. The molecule has 0 saturated carbocycles. The number of halogens is 1. The van der Waals surface area contributed by atoms with E-state index in [4.69, 9.17) is 4.74 Å². The van der Waals surface area contributed by atoms with Gasteiger partial charge in [-0.15, -0.1) is 0 Å². The molecule has 3 heteroatoms. The van der Waals surface area contributed by atoms with E-state index in [0.717, 1.165) is 28.0 Å². The average molecular weight is 256 g/mol. The minimum atomic E-state index is -0.126. The molecule has 0 amide bonds. The van der Waals surface area contributed by atoms with Crippen LogP contribution >= 0.6 is 15.9 Å². The molecule has 1 aliphatic rings. The molecule has 76 valence electrons. The van der Waals surface area contributed by atoms with Crippen LogP contribution < -0.4 is 10.1 Å². The molecule has 1 aromatic rings. The van der Waals surface area contributed by atoms with E-state index >= 15 is 0 Å². The summed E-state index contributed by atoms with van der Waals surface area (Å²) in [6, 6.07) is 4.09. The Hall–Kier alpha value is -0.700. The lowest BCUT2D eigenvalue weighted by molar-refractivity contribution is 0.115. The normalized spacial score (nSPS) is 18.0. The molecule has 0 saturated heterocycles. The minimum absolute atomic E-state index is 0.126. The zero-order valence-corrected chi connectivity index (χ0v) is 10.2. The van der Waals surface area contributed by atoms with Gasteiger partial charge in [-0.2, -0.15) is 0 Å². The maximum absolute atomic E-state index is 5.94. The van der Waals surface area contributed by atoms with Gasteiger partial charge in [0.2, 0.25) is 0 Å². The number of rotatable bonds is 0. The fourth-order valence-electron chi connectivity index (χ4n) is 1.56. The van der Waals surface area contributed by atoms with Crippen molar-refractivity contribution < 1.29 is 4.74 Å². The van der Waals surface area contributed by atoms with Crippen molar-refractivity contribution in [3.63, 3.8) is 0 Å². The SMILES string of the molecule is Cc1c(Br)ccc2c1OC(C)(C)CN2. The van der Waals surface area contributed by atoms with Crippen LogP contribution in [0.4, 0.5) is 5.69 Å². The Morgan fingerprint density at radius 3 is 2.86 bits per heavy atom. The van der Waals surface area contributed by atoms with E-state index < -0.39 is 0 Å². The van der Waals surface area contributed by atoms with Crippen molar-refractivity contribution >= 4 is 21.6 Å². The molecular formula is C11H14BrNO. The van der Waals surface area contributed by atoms with Gasteiger partial charge in [-0.3, -0.25) is 0 Å². The molecule has 1 heterocycles. The highest BCUT2D eigenvalue weighted by atomic mass is 79.9. The summed E-state index contributed by atoms with van der Waals surface area (Å²) in [6.07, 6.45) is 0. The van der Waals surface area contributed by atoms with Crippen molar-refractivity contribution in [2.75, 3.05) is 11.9 Å². The van der Waals surface area contributed by atoms with Gasteiger partial charge in [0.1, 0.15) is 11.4 Å². The van der Waals surface area contributed by atoms with Gasteiger partial charge >= 0.3 is 0 Å². The Morgan fingerprint density at radius 1 is 1.43 bits per heavy atom. The van der Waals surface area contributed by atoms with Gasteiger partial charge in [0.25, 0.3) is 0 Å². The molecule has 0 aromatic heterocycles. The van der Waals surface area contributed by atoms with Gasteiger partial charge in [0.05, 0.1) is 12.2 Å². The molecule has 0 atom stereocenters. The smallest absolute Gasteiger partial charge is 0.147 e. The zero-order chi connectivity index (χ0) is 10.3. The standard InChI is InChI=1S/C11H14BrNO/c1-7-8(12)4-5-9-10(7)14-11(2,3)6-13-9/h4-5,13H,6H2,1-3H3. The van der Waals surface area contributed by atoms with Crippen molar-refractivity contribution in [1.82, 2.24) is 0 Å². The van der Waals surface area contributed by atoms with E-state index in [1.807, 2.05) is 12.1 Å². The Balaban J connectivity index is 2.49. The van der Waals surface area contributed by atoms with Crippen LogP contribution in [0.2, 0.25) is 0 Å². The van der Waals surface area contributed by atoms with Crippen LogP contribution in [0.15, 0.2) is 16.6 Å². The molecule has 0 unspecified atom stereocenters. The molecule has 0 bridgehead atoms. The van der Waals surface area contributed by atoms with Crippen molar-refractivity contribution in [3.8, 4) is 5.75 Å². The van der Waals surface area contributed by atoms with Crippen LogP contribution in [-0.2, 0) is 0 Å². The summed E-state index contributed by atoms with van der Waals surface area (Å²) in [4.78, 5) is 0. The van der Waals surface area contributed by atoms with Crippen LogP contribution in [0, 0.1) is 6.92 Å². The van der Waals surface area contributed by atoms with Gasteiger partial charge in [-0.25, -0.2) is 0 Å². The second-order valence-corrected chi connectivity index (χ2v) is 5.12. The molecular weight excluding hydrogens is 242 g/mol.